The van der Waals surface area contributed by atoms with Crippen LogP contribution in [-0.4, -0.2) is 44.6 Å². The number of hydrogen-bond acceptors (Lipinski definition) is 4. The Morgan fingerprint density at radius 1 is 1.12 bits per heavy atom. The number of piperidine rings is 1. The molecule has 3 heterocycles. The first-order valence-corrected chi connectivity index (χ1v) is 11.2. The van der Waals surface area contributed by atoms with E-state index in [0.717, 1.165) is 24.2 Å². The van der Waals surface area contributed by atoms with Gasteiger partial charge in [-0.25, -0.2) is 4.39 Å². The fourth-order valence-electron chi connectivity index (χ4n) is 4.22. The van der Waals surface area contributed by atoms with Gasteiger partial charge in [0.1, 0.15) is 5.82 Å². The molecule has 1 aliphatic heterocycles. The summed E-state index contributed by atoms with van der Waals surface area (Å²) in [5.74, 6) is -0.225. The number of halogens is 1. The summed E-state index contributed by atoms with van der Waals surface area (Å²) in [6, 6.07) is 12.0. The smallest absolute Gasteiger partial charge is 0.255 e. The first kappa shape index (κ1) is 22.6. The van der Waals surface area contributed by atoms with Crippen molar-refractivity contribution in [1.29, 1.82) is 0 Å². The molecule has 7 nitrogen and oxygen atoms in total. The second-order valence-corrected chi connectivity index (χ2v) is 8.46. The second-order valence-electron chi connectivity index (χ2n) is 8.46. The van der Waals surface area contributed by atoms with Crippen molar-refractivity contribution in [2.45, 2.75) is 32.2 Å². The van der Waals surface area contributed by atoms with Crippen LogP contribution in [0.3, 0.4) is 0 Å². The number of carbonyl (C=O) groups excluding carboxylic acids is 2. The molecule has 0 atom stereocenters. The molecule has 1 aliphatic rings. The molecule has 8 heteroatoms. The van der Waals surface area contributed by atoms with Crippen molar-refractivity contribution in [2.24, 2.45) is 13.0 Å². The lowest BCUT2D eigenvalue weighted by molar-refractivity contribution is -0.131. The molecule has 0 saturated carbocycles. The average Bonchev–Trinajstić information content (AvgIpc) is 3.20. The number of amides is 2. The lowest BCUT2D eigenvalue weighted by atomic mass is 9.91. The summed E-state index contributed by atoms with van der Waals surface area (Å²) in [5, 5.41) is 7.44. The molecule has 172 valence electrons. The molecule has 2 aromatic heterocycles. The minimum absolute atomic E-state index is 0.0500. The Balaban J connectivity index is 1.31. The third-order valence-corrected chi connectivity index (χ3v) is 6.05. The molecule has 0 spiro atoms. The fraction of sp³-hybridized carbons (Fsp3) is 0.360. The minimum atomic E-state index is -0.343. The van der Waals surface area contributed by atoms with E-state index in [1.165, 1.54) is 6.07 Å². The molecule has 0 aliphatic carbocycles. The molecule has 1 N–H and O–H groups in total. The maximum absolute atomic E-state index is 13.9. The van der Waals surface area contributed by atoms with Gasteiger partial charge in [-0.3, -0.25) is 19.3 Å². The standard InChI is InChI=1S/C25H28FN5O2/c1-30-17-21(25(33)28-16-20-7-4-5-11-27-20)23(29-30)14-18-9-12-31(13-10-18)24(32)15-19-6-2-3-8-22(19)26/h2-8,11,17-18H,9-10,12-16H2,1H3,(H,28,33). The quantitative estimate of drug-likeness (QED) is 0.602. The number of aromatic nitrogens is 3. The highest BCUT2D eigenvalue weighted by Crippen LogP contribution is 2.23. The Bertz CT molecular complexity index is 1110. The van der Waals surface area contributed by atoms with Crippen molar-refractivity contribution in [2.75, 3.05) is 13.1 Å². The van der Waals surface area contributed by atoms with E-state index in [1.807, 2.05) is 30.1 Å². The molecule has 3 aromatic rings. The average molecular weight is 450 g/mol. The van der Waals surface area contributed by atoms with Crippen LogP contribution in [-0.2, 0) is 31.2 Å². The molecule has 1 saturated heterocycles. The molecule has 0 unspecified atom stereocenters. The van der Waals surface area contributed by atoms with Crippen LogP contribution in [0.25, 0.3) is 0 Å². The van der Waals surface area contributed by atoms with Crippen LogP contribution < -0.4 is 5.32 Å². The van der Waals surface area contributed by atoms with Gasteiger partial charge < -0.3 is 10.2 Å². The fourth-order valence-corrected chi connectivity index (χ4v) is 4.22. The predicted octanol–water partition coefficient (Wildman–Crippen LogP) is 2.91. The van der Waals surface area contributed by atoms with Gasteiger partial charge in [0.2, 0.25) is 5.91 Å². The number of pyridine rings is 1. The zero-order valence-corrected chi connectivity index (χ0v) is 18.7. The van der Waals surface area contributed by atoms with E-state index in [-0.39, 0.29) is 24.1 Å². The monoisotopic (exact) mass is 449 g/mol. The summed E-state index contributed by atoms with van der Waals surface area (Å²) < 4.78 is 15.5. The van der Waals surface area contributed by atoms with Crippen molar-refractivity contribution in [3.05, 3.63) is 83.2 Å². The van der Waals surface area contributed by atoms with Gasteiger partial charge in [0.25, 0.3) is 5.91 Å². The van der Waals surface area contributed by atoms with Crippen LogP contribution in [0.5, 0.6) is 0 Å². The van der Waals surface area contributed by atoms with Crippen LogP contribution in [0.1, 0.15) is 40.2 Å². The normalized spacial score (nSPS) is 14.3. The third kappa shape index (κ3) is 5.83. The summed E-state index contributed by atoms with van der Waals surface area (Å²) in [6.45, 7) is 1.62. The topological polar surface area (TPSA) is 80.1 Å². The van der Waals surface area contributed by atoms with Gasteiger partial charge in [0, 0.05) is 32.5 Å². The van der Waals surface area contributed by atoms with E-state index in [4.69, 9.17) is 0 Å². The van der Waals surface area contributed by atoms with Crippen molar-refractivity contribution < 1.29 is 14.0 Å². The van der Waals surface area contributed by atoms with Gasteiger partial charge in [0.15, 0.2) is 0 Å². The van der Waals surface area contributed by atoms with Gasteiger partial charge >= 0.3 is 0 Å². The lowest BCUT2D eigenvalue weighted by Gasteiger charge is -2.32. The van der Waals surface area contributed by atoms with Crippen molar-refractivity contribution in [1.82, 2.24) is 25.0 Å². The molecule has 33 heavy (non-hydrogen) atoms. The van der Waals surface area contributed by atoms with Gasteiger partial charge in [-0.1, -0.05) is 24.3 Å². The summed E-state index contributed by atoms with van der Waals surface area (Å²) in [6.07, 6.45) is 5.87. The van der Waals surface area contributed by atoms with E-state index in [9.17, 15) is 14.0 Å². The first-order chi connectivity index (χ1) is 16.0. The van der Waals surface area contributed by atoms with Crippen LogP contribution in [0.4, 0.5) is 4.39 Å². The zero-order chi connectivity index (χ0) is 23.2. The maximum Gasteiger partial charge on any atom is 0.255 e. The van der Waals surface area contributed by atoms with E-state index >= 15 is 0 Å². The summed E-state index contributed by atoms with van der Waals surface area (Å²) >= 11 is 0. The lowest BCUT2D eigenvalue weighted by Crippen LogP contribution is -2.40. The second kappa shape index (κ2) is 10.4. The highest BCUT2D eigenvalue weighted by Gasteiger charge is 2.26. The summed E-state index contributed by atoms with van der Waals surface area (Å²) in [7, 11) is 1.81. The molecule has 0 radical (unpaired) electrons. The zero-order valence-electron chi connectivity index (χ0n) is 18.7. The van der Waals surface area contributed by atoms with Crippen LogP contribution in [0, 0.1) is 11.7 Å². The Morgan fingerprint density at radius 3 is 2.61 bits per heavy atom. The van der Waals surface area contributed by atoms with Gasteiger partial charge in [-0.15, -0.1) is 0 Å². The molecular formula is C25H28FN5O2. The Morgan fingerprint density at radius 2 is 1.88 bits per heavy atom. The first-order valence-electron chi connectivity index (χ1n) is 11.2. The predicted molar refractivity (Wildman–Crippen MR) is 122 cm³/mol. The van der Waals surface area contributed by atoms with Crippen LogP contribution in [0.2, 0.25) is 0 Å². The van der Waals surface area contributed by atoms with E-state index in [2.05, 4.69) is 15.4 Å². The molecule has 1 fully saturated rings. The molecular weight excluding hydrogens is 421 g/mol. The number of likely N-dealkylation sites (tertiary alicyclic amines) is 1. The van der Waals surface area contributed by atoms with Crippen LogP contribution >= 0.6 is 0 Å². The molecule has 1 aromatic carbocycles. The van der Waals surface area contributed by atoms with Crippen molar-refractivity contribution in [3.8, 4) is 0 Å². The van der Waals surface area contributed by atoms with Crippen molar-refractivity contribution in [3.63, 3.8) is 0 Å². The third-order valence-electron chi connectivity index (χ3n) is 6.05. The molecule has 2 amide bonds. The Labute approximate surface area is 192 Å². The van der Waals surface area contributed by atoms with Crippen LogP contribution in [0.15, 0.2) is 54.9 Å². The Hall–Kier alpha value is -3.55. The number of hydrogen-bond donors (Lipinski definition) is 1. The number of nitrogens with zero attached hydrogens (tertiary/aromatic N) is 4. The van der Waals surface area contributed by atoms with Gasteiger partial charge in [0.05, 0.1) is 29.9 Å². The highest BCUT2D eigenvalue weighted by molar-refractivity contribution is 5.95. The number of carbonyl (C=O) groups is 2. The van der Waals surface area contributed by atoms with E-state index in [1.54, 1.807) is 35.3 Å². The SMILES string of the molecule is Cn1cc(C(=O)NCc2ccccn2)c(CC2CCN(C(=O)Cc3ccccc3F)CC2)n1. The summed E-state index contributed by atoms with van der Waals surface area (Å²) in [4.78, 5) is 31.4. The highest BCUT2D eigenvalue weighted by atomic mass is 19.1. The minimum Gasteiger partial charge on any atom is -0.346 e. The number of rotatable bonds is 7. The Kier molecular flexibility index (Phi) is 7.12. The number of benzene rings is 1. The molecule has 0 bridgehead atoms. The summed E-state index contributed by atoms with van der Waals surface area (Å²) in [5.41, 5.74) is 2.57. The largest absolute Gasteiger partial charge is 0.346 e. The number of nitrogens with one attached hydrogen (secondary N) is 1. The number of aryl methyl sites for hydroxylation is 1. The van der Waals surface area contributed by atoms with E-state index in [0.29, 0.717) is 43.1 Å². The molecule has 4 rings (SSSR count). The van der Waals surface area contributed by atoms with Gasteiger partial charge in [-0.05, 0) is 48.9 Å². The van der Waals surface area contributed by atoms with E-state index < -0.39 is 0 Å². The van der Waals surface area contributed by atoms with Gasteiger partial charge in [-0.2, -0.15) is 5.10 Å². The maximum atomic E-state index is 13.9. The van der Waals surface area contributed by atoms with Crippen molar-refractivity contribution >= 4 is 11.8 Å².